The number of rotatable bonds is 10. The highest BCUT2D eigenvalue weighted by atomic mass is 32.1. The zero-order chi connectivity index (χ0) is 21.5. The van der Waals surface area contributed by atoms with Gasteiger partial charge in [-0.15, -0.1) is 11.3 Å². The highest BCUT2D eigenvalue weighted by Gasteiger charge is 2.17. The van der Waals surface area contributed by atoms with Crippen LogP contribution in [0.2, 0.25) is 0 Å². The second kappa shape index (κ2) is 10.1. The monoisotopic (exact) mass is 437 g/mol. The van der Waals surface area contributed by atoms with Crippen LogP contribution in [0.5, 0.6) is 5.75 Å². The Balaban J connectivity index is 1.32. The molecule has 31 heavy (non-hydrogen) atoms. The van der Waals surface area contributed by atoms with Gasteiger partial charge in [-0.05, 0) is 54.3 Å². The molecule has 0 fully saturated rings. The minimum absolute atomic E-state index is 0.0692. The zero-order valence-corrected chi connectivity index (χ0v) is 18.0. The number of nitrogens with zero attached hydrogens (tertiary/aromatic N) is 3. The van der Waals surface area contributed by atoms with Crippen molar-refractivity contribution >= 4 is 17.2 Å². The summed E-state index contributed by atoms with van der Waals surface area (Å²) < 4.78 is 16.0. The van der Waals surface area contributed by atoms with E-state index in [1.54, 1.807) is 24.7 Å². The van der Waals surface area contributed by atoms with Crippen LogP contribution in [0.15, 0.2) is 69.1 Å². The summed E-state index contributed by atoms with van der Waals surface area (Å²) in [6.07, 6.45) is 3.19. The number of carbonyl (C=O) groups excluding carboxylic acids is 1. The molecule has 0 saturated carbocycles. The summed E-state index contributed by atoms with van der Waals surface area (Å²) in [7, 11) is 1.62. The number of ether oxygens (including phenoxy) is 1. The molecule has 3 aromatic heterocycles. The highest BCUT2D eigenvalue weighted by molar-refractivity contribution is 7.09. The molecule has 1 amide bonds. The van der Waals surface area contributed by atoms with Crippen LogP contribution in [-0.2, 0) is 24.3 Å². The summed E-state index contributed by atoms with van der Waals surface area (Å²) in [4.78, 5) is 20.3. The van der Waals surface area contributed by atoms with E-state index < -0.39 is 0 Å². The van der Waals surface area contributed by atoms with Crippen molar-refractivity contribution in [2.45, 2.75) is 32.4 Å². The topological polar surface area (TPSA) is 81.6 Å². The molecule has 0 unspecified atom stereocenters. The largest absolute Gasteiger partial charge is 0.497 e. The maximum Gasteiger partial charge on any atom is 0.226 e. The van der Waals surface area contributed by atoms with Gasteiger partial charge in [-0.1, -0.05) is 11.2 Å². The van der Waals surface area contributed by atoms with Gasteiger partial charge >= 0.3 is 0 Å². The number of hydrogen-bond donors (Lipinski definition) is 0. The molecule has 0 radical (unpaired) electrons. The summed E-state index contributed by atoms with van der Waals surface area (Å²) in [5.41, 5.74) is 0.854. The Bertz CT molecular complexity index is 1040. The third kappa shape index (κ3) is 5.61. The molecule has 1 aromatic carbocycles. The molecular weight excluding hydrogens is 414 g/mol. The molecule has 3 heterocycles. The van der Waals surface area contributed by atoms with Crippen molar-refractivity contribution in [3.8, 4) is 17.1 Å². The number of hydrogen-bond acceptors (Lipinski definition) is 7. The fourth-order valence-corrected chi connectivity index (χ4v) is 3.90. The van der Waals surface area contributed by atoms with Gasteiger partial charge in [0.05, 0.1) is 26.5 Å². The third-order valence-corrected chi connectivity index (χ3v) is 5.67. The lowest BCUT2D eigenvalue weighted by Gasteiger charge is -2.21. The summed E-state index contributed by atoms with van der Waals surface area (Å²) >= 11 is 1.64. The standard InChI is InChI=1S/C23H23N3O4S/c1-28-18-11-9-17(10-12-18)23-24-21(30-25-23)7-2-8-22(27)26(15-19-5-3-13-29-19)16-20-6-4-14-31-20/h3-6,9-14H,2,7-8,15-16H2,1H3. The molecule has 0 spiro atoms. The average Bonchev–Trinajstić information content (AvgIpc) is 3.57. The molecule has 0 aliphatic carbocycles. The van der Waals surface area contributed by atoms with Crippen LogP contribution >= 0.6 is 11.3 Å². The molecule has 7 nitrogen and oxygen atoms in total. The van der Waals surface area contributed by atoms with Crippen LogP contribution in [0.25, 0.3) is 11.4 Å². The molecule has 8 heteroatoms. The van der Waals surface area contributed by atoms with Gasteiger partial charge in [0.2, 0.25) is 17.6 Å². The van der Waals surface area contributed by atoms with Crippen LogP contribution in [-0.4, -0.2) is 28.1 Å². The number of furan rings is 1. The SMILES string of the molecule is COc1ccc(-c2noc(CCCC(=O)N(Cc3ccco3)Cc3cccs3)n2)cc1. The van der Waals surface area contributed by atoms with Crippen LogP contribution in [0, 0.1) is 0 Å². The maximum absolute atomic E-state index is 12.9. The maximum atomic E-state index is 12.9. The molecule has 0 bridgehead atoms. The zero-order valence-electron chi connectivity index (χ0n) is 17.2. The minimum atomic E-state index is 0.0692. The first-order valence-corrected chi connectivity index (χ1v) is 10.9. The molecule has 0 saturated heterocycles. The molecule has 160 valence electrons. The number of benzene rings is 1. The average molecular weight is 438 g/mol. The predicted octanol–water partition coefficient (Wildman–Crippen LogP) is 4.95. The van der Waals surface area contributed by atoms with Crippen molar-refractivity contribution in [2.75, 3.05) is 7.11 Å². The van der Waals surface area contributed by atoms with Crippen LogP contribution < -0.4 is 4.74 Å². The Morgan fingerprint density at radius 3 is 2.71 bits per heavy atom. The number of carbonyl (C=O) groups is 1. The van der Waals surface area contributed by atoms with E-state index in [0.717, 1.165) is 22.0 Å². The Morgan fingerprint density at radius 1 is 1.13 bits per heavy atom. The number of aromatic nitrogens is 2. The minimum Gasteiger partial charge on any atom is -0.497 e. The van der Waals surface area contributed by atoms with E-state index in [-0.39, 0.29) is 5.91 Å². The predicted molar refractivity (Wildman–Crippen MR) is 117 cm³/mol. The quantitative estimate of drug-likeness (QED) is 0.349. The summed E-state index contributed by atoms with van der Waals surface area (Å²) in [5, 5.41) is 6.06. The fraction of sp³-hybridized carbons (Fsp3) is 0.261. The van der Waals surface area contributed by atoms with Crippen molar-refractivity contribution in [3.63, 3.8) is 0 Å². The van der Waals surface area contributed by atoms with Crippen LogP contribution in [0.3, 0.4) is 0 Å². The van der Waals surface area contributed by atoms with Crippen molar-refractivity contribution < 1.29 is 18.5 Å². The smallest absolute Gasteiger partial charge is 0.226 e. The van der Waals surface area contributed by atoms with Gasteiger partial charge in [-0.2, -0.15) is 4.98 Å². The van der Waals surface area contributed by atoms with Gasteiger partial charge in [0.15, 0.2) is 0 Å². The van der Waals surface area contributed by atoms with Gasteiger partial charge in [0.1, 0.15) is 11.5 Å². The van der Waals surface area contributed by atoms with Gasteiger partial charge in [0.25, 0.3) is 0 Å². The number of aryl methyl sites for hydroxylation is 1. The molecule has 0 atom stereocenters. The van der Waals surface area contributed by atoms with Gasteiger partial charge < -0.3 is 18.6 Å². The lowest BCUT2D eigenvalue weighted by atomic mass is 10.2. The van der Waals surface area contributed by atoms with E-state index in [9.17, 15) is 4.79 Å². The van der Waals surface area contributed by atoms with Crippen molar-refractivity contribution in [3.05, 3.63) is 76.7 Å². The Morgan fingerprint density at radius 2 is 2.00 bits per heavy atom. The van der Waals surface area contributed by atoms with Gasteiger partial charge in [-0.3, -0.25) is 4.79 Å². The molecule has 4 aromatic rings. The first-order chi connectivity index (χ1) is 15.2. The van der Waals surface area contributed by atoms with E-state index in [1.807, 2.05) is 58.8 Å². The number of amides is 1. The van der Waals surface area contributed by atoms with E-state index in [1.165, 1.54) is 0 Å². The molecule has 4 rings (SSSR count). The second-order valence-corrected chi connectivity index (χ2v) is 8.03. The van der Waals surface area contributed by atoms with Gasteiger partial charge in [0, 0.05) is 23.3 Å². The number of thiophene rings is 1. The fourth-order valence-electron chi connectivity index (χ4n) is 3.18. The van der Waals surface area contributed by atoms with E-state index in [0.29, 0.717) is 44.1 Å². The van der Waals surface area contributed by atoms with Crippen molar-refractivity contribution in [2.24, 2.45) is 0 Å². The van der Waals surface area contributed by atoms with E-state index >= 15 is 0 Å². The van der Waals surface area contributed by atoms with Crippen molar-refractivity contribution in [1.29, 1.82) is 0 Å². The van der Waals surface area contributed by atoms with E-state index in [4.69, 9.17) is 13.7 Å². The first-order valence-electron chi connectivity index (χ1n) is 10.0. The lowest BCUT2D eigenvalue weighted by molar-refractivity contribution is -0.132. The van der Waals surface area contributed by atoms with Crippen LogP contribution in [0.4, 0.5) is 0 Å². The lowest BCUT2D eigenvalue weighted by Crippen LogP contribution is -2.29. The molecule has 0 N–H and O–H groups in total. The van der Waals surface area contributed by atoms with Crippen LogP contribution in [0.1, 0.15) is 29.4 Å². The Labute approximate surface area is 184 Å². The highest BCUT2D eigenvalue weighted by Crippen LogP contribution is 2.21. The number of methoxy groups -OCH3 is 1. The first kappa shape index (κ1) is 20.9. The molecule has 0 aliphatic heterocycles. The van der Waals surface area contributed by atoms with Gasteiger partial charge in [-0.25, -0.2) is 0 Å². The molecular formula is C23H23N3O4S. The van der Waals surface area contributed by atoms with Crippen molar-refractivity contribution in [1.82, 2.24) is 15.0 Å². The van der Waals surface area contributed by atoms with E-state index in [2.05, 4.69) is 10.1 Å². The molecule has 0 aliphatic rings. The summed E-state index contributed by atoms with van der Waals surface area (Å²) in [6, 6.07) is 15.2. The summed E-state index contributed by atoms with van der Waals surface area (Å²) in [6.45, 7) is 1.02. The third-order valence-electron chi connectivity index (χ3n) is 4.80. The Kier molecular flexibility index (Phi) is 6.78. The second-order valence-electron chi connectivity index (χ2n) is 7.00. The Hall–Kier alpha value is -3.39. The summed E-state index contributed by atoms with van der Waals surface area (Å²) in [5.74, 6) is 2.66. The normalized spacial score (nSPS) is 10.9.